The molecule has 1 aromatic heterocycles. The summed E-state index contributed by atoms with van der Waals surface area (Å²) in [6.45, 7) is 4.21. The number of nitrogens with zero attached hydrogens (tertiary/aromatic N) is 1. The average molecular weight is 598 g/mol. The van der Waals surface area contributed by atoms with Gasteiger partial charge in [-0.2, -0.15) is 0 Å². The summed E-state index contributed by atoms with van der Waals surface area (Å²) in [6, 6.07) is 16.8. The molecule has 1 saturated carbocycles. The van der Waals surface area contributed by atoms with Gasteiger partial charge in [0.05, 0.1) is 24.1 Å². The number of amides is 1. The second-order valence-electron chi connectivity index (χ2n) is 9.45. The van der Waals surface area contributed by atoms with Crippen molar-refractivity contribution in [2.75, 3.05) is 24.2 Å². The summed E-state index contributed by atoms with van der Waals surface area (Å²) in [4.78, 5) is 13.0. The minimum absolute atomic E-state index is 0.0551. The minimum Gasteiger partial charge on any atom is -0.455 e. The molecule has 5 rings (SSSR count). The fraction of sp³-hybridized carbons (Fsp3) is 0.207. The van der Waals surface area contributed by atoms with Crippen molar-refractivity contribution in [3.05, 3.63) is 94.2 Å². The zero-order chi connectivity index (χ0) is 27.2. The maximum Gasteiger partial charge on any atom is 0.255 e. The highest BCUT2D eigenvalue weighted by Crippen LogP contribution is 2.48. The molecule has 0 saturated heterocycles. The van der Waals surface area contributed by atoms with Crippen molar-refractivity contribution in [1.82, 2.24) is 5.32 Å². The second-order valence-corrected chi connectivity index (χ2v) is 12.3. The number of halogens is 2. The van der Waals surface area contributed by atoms with Gasteiger partial charge >= 0.3 is 0 Å². The fourth-order valence-electron chi connectivity index (χ4n) is 4.57. The van der Waals surface area contributed by atoms with Crippen LogP contribution in [-0.4, -0.2) is 34.2 Å². The van der Waals surface area contributed by atoms with Gasteiger partial charge in [-0.25, -0.2) is 12.8 Å². The van der Waals surface area contributed by atoms with Crippen LogP contribution >= 0.6 is 15.9 Å². The first-order chi connectivity index (χ1) is 18.1. The Hall–Kier alpha value is -3.43. The van der Waals surface area contributed by atoms with Gasteiger partial charge in [0.25, 0.3) is 5.91 Å². The number of furan rings is 1. The Morgan fingerprint density at radius 3 is 2.37 bits per heavy atom. The maximum absolute atomic E-state index is 13.6. The maximum atomic E-state index is 13.6. The third-order valence-electron chi connectivity index (χ3n) is 6.67. The van der Waals surface area contributed by atoms with E-state index in [0.717, 1.165) is 28.4 Å². The summed E-state index contributed by atoms with van der Waals surface area (Å²) in [6.07, 6.45) is 3.01. The van der Waals surface area contributed by atoms with E-state index in [1.807, 2.05) is 30.3 Å². The third kappa shape index (κ3) is 5.13. The van der Waals surface area contributed by atoms with Crippen LogP contribution in [0.2, 0.25) is 0 Å². The van der Waals surface area contributed by atoms with Crippen LogP contribution in [0.15, 0.2) is 76.1 Å². The number of carbonyl (C=O) groups excluding carboxylic acids is 1. The van der Waals surface area contributed by atoms with Crippen molar-refractivity contribution < 1.29 is 22.0 Å². The number of rotatable bonds is 8. The molecule has 1 heterocycles. The van der Waals surface area contributed by atoms with Crippen molar-refractivity contribution in [1.29, 1.82) is 0 Å². The molecule has 1 amide bonds. The molecule has 0 radical (unpaired) electrons. The van der Waals surface area contributed by atoms with Crippen LogP contribution in [0.25, 0.3) is 27.9 Å². The van der Waals surface area contributed by atoms with Crippen molar-refractivity contribution in [3.63, 3.8) is 0 Å². The molecule has 1 fully saturated rings. The monoisotopic (exact) mass is 596 g/mol. The molecule has 0 bridgehead atoms. The molecule has 0 unspecified atom stereocenters. The van der Waals surface area contributed by atoms with Gasteiger partial charge in [-0.3, -0.25) is 9.10 Å². The number of sulfonamides is 1. The summed E-state index contributed by atoms with van der Waals surface area (Å²) < 4.78 is 48.3. The first-order valence-electron chi connectivity index (χ1n) is 12.1. The van der Waals surface area contributed by atoms with E-state index < -0.39 is 15.8 Å². The third-order valence-corrected chi connectivity index (χ3v) is 8.33. The lowest BCUT2D eigenvalue weighted by molar-refractivity contribution is 0.0964. The second kappa shape index (κ2) is 10.0. The van der Waals surface area contributed by atoms with E-state index >= 15 is 0 Å². The summed E-state index contributed by atoms with van der Waals surface area (Å²) in [5.41, 5.74) is 4.04. The number of nitrogens with one attached hydrogen (secondary N) is 1. The van der Waals surface area contributed by atoms with Crippen LogP contribution in [0.5, 0.6) is 0 Å². The lowest BCUT2D eigenvalue weighted by Crippen LogP contribution is -2.32. The summed E-state index contributed by atoms with van der Waals surface area (Å²) in [5, 5.41) is 3.24. The van der Waals surface area contributed by atoms with Gasteiger partial charge in [0, 0.05) is 28.5 Å². The van der Waals surface area contributed by atoms with Crippen LogP contribution in [0.3, 0.4) is 0 Å². The summed E-state index contributed by atoms with van der Waals surface area (Å²) in [7, 11) is -2.17. The van der Waals surface area contributed by atoms with Gasteiger partial charge in [0.1, 0.15) is 17.2 Å². The Labute approximate surface area is 229 Å². The van der Waals surface area contributed by atoms with Crippen LogP contribution < -0.4 is 9.62 Å². The van der Waals surface area contributed by atoms with E-state index in [-0.39, 0.29) is 18.4 Å². The van der Waals surface area contributed by atoms with E-state index in [4.69, 9.17) is 4.42 Å². The molecule has 0 aliphatic heterocycles. The first kappa shape index (κ1) is 26.2. The Morgan fingerprint density at radius 2 is 1.79 bits per heavy atom. The molecular formula is C29H26BrFN2O4S. The van der Waals surface area contributed by atoms with Gasteiger partial charge in [0.15, 0.2) is 0 Å². The number of hydrogen-bond acceptors (Lipinski definition) is 4. The SMILES string of the molecule is C=C(CN(c1cc2oc(-c3ccc(F)cc3)c(C(=O)NC)c2cc1C1CC1)S(C)(=O)=O)c1ccc(Br)cc1. The van der Waals surface area contributed by atoms with Crippen LogP contribution in [-0.2, 0) is 10.0 Å². The lowest BCUT2D eigenvalue weighted by atomic mass is 10.00. The number of anilines is 1. The standard InChI is InChI=1S/C29H26BrFN2O4S/c1-17(18-6-10-21(30)11-7-18)16-33(38(3,35)36)25-15-26-24(14-23(25)19-4-5-19)27(29(34)32-2)28(37-26)20-8-12-22(31)13-9-20/h6-15,19H,1,4-5,16H2,2-3H3,(H,32,34). The van der Waals surface area contributed by atoms with Crippen molar-refractivity contribution >= 4 is 54.1 Å². The van der Waals surface area contributed by atoms with E-state index in [1.165, 1.54) is 29.7 Å². The van der Waals surface area contributed by atoms with Crippen molar-refractivity contribution in [2.24, 2.45) is 0 Å². The van der Waals surface area contributed by atoms with E-state index in [2.05, 4.69) is 27.8 Å². The highest BCUT2D eigenvalue weighted by molar-refractivity contribution is 9.10. The molecule has 6 nitrogen and oxygen atoms in total. The smallest absolute Gasteiger partial charge is 0.255 e. The molecule has 3 aromatic carbocycles. The molecule has 4 aromatic rings. The van der Waals surface area contributed by atoms with Crippen LogP contribution in [0, 0.1) is 5.82 Å². The number of fused-ring (bicyclic) bond motifs is 1. The first-order valence-corrected chi connectivity index (χ1v) is 14.7. The Morgan fingerprint density at radius 1 is 1.13 bits per heavy atom. The quantitative estimate of drug-likeness (QED) is 0.245. The summed E-state index contributed by atoms with van der Waals surface area (Å²) in [5.74, 6) is -0.287. The molecule has 38 heavy (non-hydrogen) atoms. The number of hydrogen-bond donors (Lipinski definition) is 1. The molecule has 1 aliphatic rings. The molecule has 196 valence electrons. The largest absolute Gasteiger partial charge is 0.455 e. The fourth-order valence-corrected chi connectivity index (χ4v) is 5.74. The Bertz CT molecular complexity index is 1660. The van der Waals surface area contributed by atoms with Crippen LogP contribution in [0.4, 0.5) is 10.1 Å². The molecule has 1 N–H and O–H groups in total. The molecule has 0 atom stereocenters. The molecule has 0 spiro atoms. The summed E-state index contributed by atoms with van der Waals surface area (Å²) >= 11 is 3.42. The average Bonchev–Trinajstić information content (AvgIpc) is 3.66. The molecule has 9 heteroatoms. The van der Waals surface area contributed by atoms with Gasteiger partial charge < -0.3 is 9.73 Å². The highest BCUT2D eigenvalue weighted by Gasteiger charge is 2.33. The minimum atomic E-state index is -3.71. The zero-order valence-electron chi connectivity index (χ0n) is 20.9. The van der Waals surface area contributed by atoms with Crippen molar-refractivity contribution in [2.45, 2.75) is 18.8 Å². The van der Waals surface area contributed by atoms with Crippen molar-refractivity contribution in [3.8, 4) is 11.3 Å². The van der Waals surface area contributed by atoms with E-state index in [1.54, 1.807) is 18.2 Å². The normalized spacial score (nSPS) is 13.5. The molecular weight excluding hydrogens is 571 g/mol. The molecule has 1 aliphatic carbocycles. The predicted molar refractivity (Wildman–Crippen MR) is 152 cm³/mol. The zero-order valence-corrected chi connectivity index (χ0v) is 23.3. The van der Waals surface area contributed by atoms with Gasteiger partial charge in [-0.15, -0.1) is 0 Å². The van der Waals surface area contributed by atoms with E-state index in [0.29, 0.717) is 39.1 Å². The van der Waals surface area contributed by atoms with Gasteiger partial charge in [-0.1, -0.05) is 34.6 Å². The Balaban J connectivity index is 1.68. The predicted octanol–water partition coefficient (Wildman–Crippen LogP) is 6.72. The van der Waals surface area contributed by atoms with Gasteiger partial charge in [-0.05, 0) is 77.9 Å². The number of carbonyl (C=O) groups is 1. The van der Waals surface area contributed by atoms with Crippen LogP contribution in [0.1, 0.15) is 40.2 Å². The highest BCUT2D eigenvalue weighted by atomic mass is 79.9. The Kier molecular flexibility index (Phi) is 6.92. The van der Waals surface area contributed by atoms with E-state index in [9.17, 15) is 17.6 Å². The van der Waals surface area contributed by atoms with Gasteiger partial charge in [0.2, 0.25) is 10.0 Å². The number of benzene rings is 3. The lowest BCUT2D eigenvalue weighted by Gasteiger charge is -2.26. The topological polar surface area (TPSA) is 79.6 Å².